The van der Waals surface area contributed by atoms with E-state index in [1.54, 1.807) is 12.7 Å². The van der Waals surface area contributed by atoms with Crippen molar-refractivity contribution in [3.05, 3.63) is 12.7 Å². The normalized spacial score (nSPS) is 29.4. The summed E-state index contributed by atoms with van der Waals surface area (Å²) in [6.07, 6.45) is 6.49. The molecule has 2 saturated heterocycles. The van der Waals surface area contributed by atoms with Crippen LogP contribution in [0.3, 0.4) is 0 Å². The van der Waals surface area contributed by atoms with Crippen LogP contribution in [0.25, 0.3) is 0 Å². The van der Waals surface area contributed by atoms with E-state index in [0.29, 0.717) is 12.5 Å². The first-order valence-electron chi connectivity index (χ1n) is 6.56. The molecule has 98 valence electrons. The molecule has 2 fully saturated rings. The summed E-state index contributed by atoms with van der Waals surface area (Å²) in [5, 5.41) is 4.14. The van der Waals surface area contributed by atoms with E-state index in [0.717, 1.165) is 32.5 Å². The van der Waals surface area contributed by atoms with Gasteiger partial charge in [-0.3, -0.25) is 14.4 Å². The van der Waals surface area contributed by atoms with Crippen molar-refractivity contribution in [2.24, 2.45) is 5.92 Å². The molecule has 0 aliphatic carbocycles. The first-order chi connectivity index (χ1) is 8.83. The minimum atomic E-state index is -0.0450. The molecule has 2 aliphatic heterocycles. The van der Waals surface area contributed by atoms with Crippen LogP contribution in [-0.4, -0.2) is 51.4 Å². The van der Waals surface area contributed by atoms with Crippen molar-refractivity contribution >= 4 is 5.97 Å². The third-order valence-corrected chi connectivity index (χ3v) is 3.81. The molecule has 0 saturated carbocycles. The van der Waals surface area contributed by atoms with Gasteiger partial charge in [0.15, 0.2) is 0 Å². The van der Waals surface area contributed by atoms with Gasteiger partial charge in [-0.05, 0) is 25.3 Å². The smallest absolute Gasteiger partial charge is 0.323 e. The lowest BCUT2D eigenvalue weighted by molar-refractivity contribution is -0.142. The number of ether oxygens (including phenoxy) is 1. The molecule has 2 atom stereocenters. The van der Waals surface area contributed by atoms with Crippen molar-refractivity contribution in [1.29, 1.82) is 0 Å². The van der Waals surface area contributed by atoms with Crippen molar-refractivity contribution in [2.75, 3.05) is 19.7 Å². The van der Waals surface area contributed by atoms with Crippen molar-refractivity contribution in [2.45, 2.75) is 31.8 Å². The number of piperidine rings is 1. The third kappa shape index (κ3) is 2.38. The van der Waals surface area contributed by atoms with Gasteiger partial charge in [-0.15, -0.1) is 0 Å². The molecule has 18 heavy (non-hydrogen) atoms. The number of rotatable bonds is 3. The van der Waals surface area contributed by atoms with Gasteiger partial charge in [0, 0.05) is 19.5 Å². The Morgan fingerprint density at radius 1 is 1.44 bits per heavy atom. The van der Waals surface area contributed by atoms with Crippen LogP contribution in [0.1, 0.15) is 19.3 Å². The number of hydrogen-bond donors (Lipinski definition) is 0. The summed E-state index contributed by atoms with van der Waals surface area (Å²) in [5.41, 5.74) is 0. The topological polar surface area (TPSA) is 60.2 Å². The Hall–Kier alpha value is -1.43. The van der Waals surface area contributed by atoms with E-state index < -0.39 is 0 Å². The average molecular weight is 250 g/mol. The standard InChI is InChI=1S/C12H18N4O2/c17-12-11(3-5-18-12)15-4-1-2-10(6-15)7-16-9-13-8-14-16/h8-11H,1-7H2. The van der Waals surface area contributed by atoms with E-state index in [-0.39, 0.29) is 12.0 Å². The molecule has 0 amide bonds. The number of carbonyl (C=O) groups excluding carboxylic acids is 1. The van der Waals surface area contributed by atoms with E-state index in [1.807, 2.05) is 4.68 Å². The van der Waals surface area contributed by atoms with Crippen LogP contribution in [-0.2, 0) is 16.1 Å². The van der Waals surface area contributed by atoms with E-state index in [1.165, 1.54) is 6.42 Å². The Bertz CT molecular complexity index is 406. The highest BCUT2D eigenvalue weighted by Crippen LogP contribution is 2.23. The van der Waals surface area contributed by atoms with Crippen LogP contribution in [0.5, 0.6) is 0 Å². The molecule has 6 nitrogen and oxygen atoms in total. The Kier molecular flexibility index (Phi) is 3.27. The van der Waals surface area contributed by atoms with E-state index in [9.17, 15) is 4.79 Å². The zero-order valence-electron chi connectivity index (χ0n) is 10.4. The second-order valence-corrected chi connectivity index (χ2v) is 5.09. The molecule has 3 heterocycles. The van der Waals surface area contributed by atoms with Crippen LogP contribution in [0.15, 0.2) is 12.7 Å². The number of cyclic esters (lactones) is 1. The molecular weight excluding hydrogens is 232 g/mol. The monoisotopic (exact) mass is 250 g/mol. The quantitative estimate of drug-likeness (QED) is 0.722. The first kappa shape index (κ1) is 11.6. The van der Waals surface area contributed by atoms with Crippen molar-refractivity contribution in [3.8, 4) is 0 Å². The largest absolute Gasteiger partial charge is 0.464 e. The summed E-state index contributed by atoms with van der Waals surface area (Å²) >= 11 is 0. The van der Waals surface area contributed by atoms with Crippen molar-refractivity contribution in [3.63, 3.8) is 0 Å². The van der Waals surface area contributed by atoms with Crippen LogP contribution in [0.4, 0.5) is 0 Å². The maximum absolute atomic E-state index is 11.6. The van der Waals surface area contributed by atoms with E-state index in [4.69, 9.17) is 4.74 Å². The number of hydrogen-bond acceptors (Lipinski definition) is 5. The summed E-state index contributed by atoms with van der Waals surface area (Å²) in [6, 6.07) is -0.0106. The van der Waals surface area contributed by atoms with Gasteiger partial charge < -0.3 is 4.74 Å². The average Bonchev–Trinajstić information content (AvgIpc) is 3.01. The minimum Gasteiger partial charge on any atom is -0.464 e. The number of esters is 1. The SMILES string of the molecule is O=C1OCCC1N1CCCC(Cn2cncn2)C1. The molecule has 0 spiro atoms. The molecule has 6 heteroatoms. The molecule has 0 radical (unpaired) electrons. The Morgan fingerprint density at radius 2 is 2.39 bits per heavy atom. The highest BCUT2D eigenvalue weighted by molar-refractivity contribution is 5.77. The molecule has 3 rings (SSSR count). The zero-order valence-corrected chi connectivity index (χ0v) is 10.4. The lowest BCUT2D eigenvalue weighted by Gasteiger charge is -2.34. The van der Waals surface area contributed by atoms with Crippen molar-refractivity contribution < 1.29 is 9.53 Å². The number of nitrogens with zero attached hydrogens (tertiary/aromatic N) is 4. The van der Waals surface area contributed by atoms with Crippen LogP contribution < -0.4 is 0 Å². The van der Waals surface area contributed by atoms with Gasteiger partial charge in [0.2, 0.25) is 0 Å². The fourth-order valence-corrected chi connectivity index (χ4v) is 2.94. The van der Waals surface area contributed by atoms with Crippen LogP contribution in [0, 0.1) is 5.92 Å². The van der Waals surface area contributed by atoms with E-state index >= 15 is 0 Å². The summed E-state index contributed by atoms with van der Waals surface area (Å²) < 4.78 is 6.93. The molecule has 0 aromatic carbocycles. The summed E-state index contributed by atoms with van der Waals surface area (Å²) in [7, 11) is 0. The number of aromatic nitrogens is 3. The highest BCUT2D eigenvalue weighted by atomic mass is 16.5. The highest BCUT2D eigenvalue weighted by Gasteiger charge is 2.35. The summed E-state index contributed by atoms with van der Waals surface area (Å²) in [4.78, 5) is 17.8. The first-order valence-corrected chi connectivity index (χ1v) is 6.56. The minimum absolute atomic E-state index is 0.0106. The van der Waals surface area contributed by atoms with Crippen molar-refractivity contribution in [1.82, 2.24) is 19.7 Å². The second kappa shape index (κ2) is 5.06. The van der Waals surface area contributed by atoms with Crippen LogP contribution >= 0.6 is 0 Å². The van der Waals surface area contributed by atoms with Gasteiger partial charge in [0.1, 0.15) is 18.7 Å². The Morgan fingerprint density at radius 3 is 3.11 bits per heavy atom. The maximum Gasteiger partial charge on any atom is 0.323 e. The molecule has 1 aromatic rings. The number of carbonyl (C=O) groups is 1. The molecule has 0 bridgehead atoms. The molecule has 0 N–H and O–H groups in total. The third-order valence-electron chi connectivity index (χ3n) is 3.81. The fourth-order valence-electron chi connectivity index (χ4n) is 2.94. The maximum atomic E-state index is 11.6. The summed E-state index contributed by atoms with van der Waals surface area (Å²) in [6.45, 7) is 3.43. The zero-order chi connectivity index (χ0) is 12.4. The van der Waals surface area contributed by atoms with Gasteiger partial charge >= 0.3 is 5.97 Å². The molecular formula is C12H18N4O2. The van der Waals surface area contributed by atoms with Gasteiger partial charge in [0.05, 0.1) is 6.61 Å². The molecule has 1 aromatic heterocycles. The predicted octanol–water partition coefficient (Wildman–Crippen LogP) is 0.306. The van der Waals surface area contributed by atoms with E-state index in [2.05, 4.69) is 15.0 Å². The molecule has 2 aliphatic rings. The molecule has 2 unspecified atom stereocenters. The van der Waals surface area contributed by atoms with Gasteiger partial charge in [-0.25, -0.2) is 4.98 Å². The summed E-state index contributed by atoms with van der Waals surface area (Å²) in [5.74, 6) is 0.505. The van der Waals surface area contributed by atoms with Gasteiger partial charge in [-0.1, -0.05) is 0 Å². The number of likely N-dealkylation sites (tertiary alicyclic amines) is 1. The Balaban J connectivity index is 1.59. The fraction of sp³-hybridized carbons (Fsp3) is 0.750. The van der Waals surface area contributed by atoms with Gasteiger partial charge in [-0.2, -0.15) is 5.10 Å². The second-order valence-electron chi connectivity index (χ2n) is 5.09. The lowest BCUT2D eigenvalue weighted by Crippen LogP contribution is -2.45. The van der Waals surface area contributed by atoms with Crippen LogP contribution in [0.2, 0.25) is 0 Å². The predicted molar refractivity (Wildman–Crippen MR) is 63.7 cm³/mol. The Labute approximate surface area is 106 Å². The lowest BCUT2D eigenvalue weighted by atomic mass is 9.96. The van der Waals surface area contributed by atoms with Gasteiger partial charge in [0.25, 0.3) is 0 Å².